The molecule has 0 radical (unpaired) electrons. The topological polar surface area (TPSA) is 139 Å². The van der Waals surface area contributed by atoms with E-state index in [4.69, 9.17) is 32.7 Å². The summed E-state index contributed by atoms with van der Waals surface area (Å²) in [5.74, 6) is 0.409. The molecule has 5 aromatic rings. The van der Waals surface area contributed by atoms with Crippen molar-refractivity contribution >= 4 is 63.3 Å². The van der Waals surface area contributed by atoms with Crippen LogP contribution in [0.3, 0.4) is 0 Å². The van der Waals surface area contributed by atoms with Crippen molar-refractivity contribution in [3.8, 4) is 17.2 Å². The number of benzene rings is 4. The van der Waals surface area contributed by atoms with Gasteiger partial charge in [-0.25, -0.2) is 14.6 Å². The van der Waals surface area contributed by atoms with Crippen LogP contribution in [0.25, 0.3) is 10.8 Å². The van der Waals surface area contributed by atoms with Crippen LogP contribution in [-0.2, 0) is 0 Å². The molecule has 12 heteroatoms. The van der Waals surface area contributed by atoms with Crippen molar-refractivity contribution in [3.63, 3.8) is 0 Å². The maximum Gasteiger partial charge on any atom is 0.337 e. The monoisotopic (exact) mass is 684 g/mol. The first kappa shape index (κ1) is 32.6. The highest BCUT2D eigenvalue weighted by Crippen LogP contribution is 2.31. The highest BCUT2D eigenvalue weighted by Gasteiger charge is 2.24. The number of ether oxygens (including phenoxy) is 2. The first-order chi connectivity index (χ1) is 23.2. The fourth-order valence-corrected chi connectivity index (χ4v) is 5.99. The lowest BCUT2D eigenvalue weighted by molar-refractivity contribution is 0.0698. The zero-order valence-electron chi connectivity index (χ0n) is 25.4. The van der Waals surface area contributed by atoms with Gasteiger partial charge in [0.1, 0.15) is 27.6 Å². The van der Waals surface area contributed by atoms with Gasteiger partial charge in [0.2, 0.25) is 0 Å². The number of carboxylic acids is 1. The number of anilines is 2. The SMILES string of the molecule is O=C(Nc1cc(Cl)nc(Cl)c1)NC1CCC(Oc2ccc3cc(Oc4ccc(C(=O)Nc5ccccc5C(=O)O)cc4)ccc3c2)CC1. The molecule has 0 aliphatic heterocycles. The Bertz CT molecular complexity index is 1960. The van der Waals surface area contributed by atoms with Crippen LogP contribution in [-0.4, -0.2) is 40.1 Å². The number of carbonyl (C=O) groups excluding carboxylic acids is 2. The Balaban J connectivity index is 0.993. The second-order valence-corrected chi connectivity index (χ2v) is 12.1. The van der Waals surface area contributed by atoms with Crippen molar-refractivity contribution in [2.24, 2.45) is 0 Å². The van der Waals surface area contributed by atoms with Crippen LogP contribution in [0.1, 0.15) is 46.4 Å². The largest absolute Gasteiger partial charge is 0.490 e. The molecule has 1 fully saturated rings. The fraction of sp³-hybridized carbons (Fsp3) is 0.167. The van der Waals surface area contributed by atoms with Crippen molar-refractivity contribution in [3.05, 3.63) is 118 Å². The summed E-state index contributed by atoms with van der Waals surface area (Å²) < 4.78 is 12.3. The van der Waals surface area contributed by atoms with Gasteiger partial charge in [0.05, 0.1) is 17.4 Å². The number of aromatic nitrogens is 1. The lowest BCUT2D eigenvalue weighted by atomic mass is 9.93. The Morgan fingerprint density at radius 3 is 2.04 bits per heavy atom. The predicted octanol–water partition coefficient (Wildman–Crippen LogP) is 8.80. The predicted molar refractivity (Wildman–Crippen MR) is 185 cm³/mol. The van der Waals surface area contributed by atoms with Crippen LogP contribution < -0.4 is 25.4 Å². The Hall–Kier alpha value is -5.32. The average molecular weight is 686 g/mol. The van der Waals surface area contributed by atoms with E-state index in [1.54, 1.807) is 42.5 Å². The summed E-state index contributed by atoms with van der Waals surface area (Å²) in [6.45, 7) is 0. The third-order valence-electron chi connectivity index (χ3n) is 7.87. The summed E-state index contributed by atoms with van der Waals surface area (Å²) in [6, 6.07) is 27.3. The minimum absolute atomic E-state index is 0.0141. The maximum atomic E-state index is 12.7. The summed E-state index contributed by atoms with van der Waals surface area (Å²) in [6.07, 6.45) is 3.22. The number of hydrogen-bond donors (Lipinski definition) is 4. The molecular formula is C36H30Cl2N4O6. The Morgan fingerprint density at radius 1 is 0.729 bits per heavy atom. The van der Waals surface area contributed by atoms with E-state index < -0.39 is 11.9 Å². The van der Waals surface area contributed by atoms with Gasteiger partial charge in [-0.3, -0.25) is 4.79 Å². The first-order valence-electron chi connectivity index (χ1n) is 15.2. The van der Waals surface area contributed by atoms with E-state index >= 15 is 0 Å². The van der Waals surface area contributed by atoms with Gasteiger partial charge in [0, 0.05) is 17.3 Å². The highest BCUT2D eigenvalue weighted by atomic mass is 35.5. The maximum absolute atomic E-state index is 12.7. The number of hydrogen-bond acceptors (Lipinski definition) is 6. The number of pyridine rings is 1. The van der Waals surface area contributed by atoms with Gasteiger partial charge in [-0.2, -0.15) is 0 Å². The van der Waals surface area contributed by atoms with E-state index in [0.717, 1.165) is 42.2 Å². The zero-order chi connectivity index (χ0) is 33.6. The smallest absolute Gasteiger partial charge is 0.337 e. The highest BCUT2D eigenvalue weighted by molar-refractivity contribution is 6.33. The van der Waals surface area contributed by atoms with Crippen molar-refractivity contribution in [2.45, 2.75) is 37.8 Å². The average Bonchev–Trinajstić information content (AvgIpc) is 3.05. The Morgan fingerprint density at radius 2 is 1.35 bits per heavy atom. The number of fused-ring (bicyclic) bond motifs is 1. The summed E-state index contributed by atoms with van der Waals surface area (Å²) in [4.78, 5) is 40.5. The summed E-state index contributed by atoms with van der Waals surface area (Å²) in [5, 5.41) is 20.1. The van der Waals surface area contributed by atoms with E-state index in [1.807, 2.05) is 36.4 Å². The minimum atomic E-state index is -1.12. The third-order valence-corrected chi connectivity index (χ3v) is 8.26. The number of carbonyl (C=O) groups is 3. The van der Waals surface area contributed by atoms with Crippen molar-refractivity contribution in [2.75, 3.05) is 10.6 Å². The summed E-state index contributed by atoms with van der Waals surface area (Å²) >= 11 is 11.8. The van der Waals surface area contributed by atoms with Crippen molar-refractivity contribution in [1.82, 2.24) is 10.3 Å². The molecule has 1 heterocycles. The zero-order valence-corrected chi connectivity index (χ0v) is 26.9. The molecule has 6 rings (SSSR count). The molecule has 1 aliphatic carbocycles. The minimum Gasteiger partial charge on any atom is -0.490 e. The van der Waals surface area contributed by atoms with Crippen LogP contribution in [0, 0.1) is 0 Å². The number of nitrogens with one attached hydrogen (secondary N) is 3. The molecule has 1 aromatic heterocycles. The van der Waals surface area contributed by atoms with Crippen LogP contribution in [0.15, 0.2) is 97.1 Å². The van der Waals surface area contributed by atoms with E-state index in [9.17, 15) is 19.5 Å². The first-order valence-corrected chi connectivity index (χ1v) is 16.0. The van der Waals surface area contributed by atoms with Crippen molar-refractivity contribution < 1.29 is 29.0 Å². The molecule has 0 bridgehead atoms. The molecule has 4 aromatic carbocycles. The molecule has 244 valence electrons. The standard InChI is InChI=1S/C36H30Cl2N4O6/c37-32-19-25(20-33(38)42-32)40-36(46)39-24-9-15-27(16-10-24)48-29-14-8-22-17-28(13-7-23(22)18-29)47-26-11-5-21(6-12-26)34(43)41-31-4-2-1-3-30(31)35(44)45/h1-8,11-14,17-20,24,27H,9-10,15-16H2,(H,41,43)(H,44,45)(H2,39,40,42,46). The van der Waals surface area contributed by atoms with Gasteiger partial charge in [0.15, 0.2) is 0 Å². The molecule has 0 unspecified atom stereocenters. The Labute approximate surface area is 286 Å². The van der Waals surface area contributed by atoms with Crippen LogP contribution in [0.4, 0.5) is 16.2 Å². The molecule has 1 saturated carbocycles. The van der Waals surface area contributed by atoms with Crippen LogP contribution >= 0.6 is 23.2 Å². The number of aromatic carboxylic acids is 1. The molecule has 48 heavy (non-hydrogen) atoms. The van der Waals surface area contributed by atoms with Gasteiger partial charge in [-0.05, 0) is 109 Å². The van der Waals surface area contributed by atoms with Gasteiger partial charge in [-0.15, -0.1) is 0 Å². The molecule has 0 saturated heterocycles. The quantitative estimate of drug-likeness (QED) is 0.114. The lowest BCUT2D eigenvalue weighted by Crippen LogP contribution is -2.41. The number of urea groups is 1. The number of rotatable bonds is 9. The normalized spacial score (nSPS) is 15.7. The van der Waals surface area contributed by atoms with E-state index in [-0.39, 0.29) is 39.7 Å². The number of carboxylic acid groups (broad SMARTS) is 1. The number of nitrogens with zero attached hydrogens (tertiary/aromatic N) is 1. The third kappa shape index (κ3) is 8.33. The molecule has 0 spiro atoms. The molecule has 10 nitrogen and oxygen atoms in total. The van der Waals surface area contributed by atoms with Crippen molar-refractivity contribution in [1.29, 1.82) is 0 Å². The summed E-state index contributed by atoms with van der Waals surface area (Å²) in [7, 11) is 0. The molecular weight excluding hydrogens is 655 g/mol. The van der Waals surface area contributed by atoms with Gasteiger partial charge in [-0.1, -0.05) is 47.5 Å². The van der Waals surface area contributed by atoms with E-state index in [2.05, 4.69) is 20.9 Å². The molecule has 4 N–H and O–H groups in total. The van der Waals surface area contributed by atoms with E-state index in [1.165, 1.54) is 18.2 Å². The van der Waals surface area contributed by atoms with Gasteiger partial charge >= 0.3 is 12.0 Å². The van der Waals surface area contributed by atoms with Crippen LogP contribution in [0.5, 0.6) is 17.2 Å². The second-order valence-electron chi connectivity index (χ2n) is 11.3. The number of para-hydroxylation sites is 1. The molecule has 0 atom stereocenters. The number of amides is 3. The Kier molecular flexibility index (Phi) is 9.94. The molecule has 3 amide bonds. The number of halogens is 2. The van der Waals surface area contributed by atoms with Gasteiger partial charge < -0.3 is 30.5 Å². The second kappa shape index (κ2) is 14.6. The van der Waals surface area contributed by atoms with Gasteiger partial charge in [0.25, 0.3) is 5.91 Å². The van der Waals surface area contributed by atoms with E-state index in [0.29, 0.717) is 22.7 Å². The van der Waals surface area contributed by atoms with Crippen LogP contribution in [0.2, 0.25) is 10.3 Å². The fourth-order valence-electron chi connectivity index (χ4n) is 5.53. The lowest BCUT2D eigenvalue weighted by Gasteiger charge is -2.29. The molecule has 1 aliphatic rings. The summed E-state index contributed by atoms with van der Waals surface area (Å²) in [5.41, 5.74) is 1.08.